The number of oxazole rings is 1. The van der Waals surface area contributed by atoms with E-state index in [4.69, 9.17) is 9.15 Å². The molecule has 0 fully saturated rings. The predicted octanol–water partition coefficient (Wildman–Crippen LogP) is 4.17. The van der Waals surface area contributed by atoms with Gasteiger partial charge in [0.2, 0.25) is 5.89 Å². The van der Waals surface area contributed by atoms with Gasteiger partial charge in [-0.05, 0) is 53.9 Å². The smallest absolute Gasteiger partial charge is 0.262 e. The summed E-state index contributed by atoms with van der Waals surface area (Å²) in [6, 6.07) is 11.1. The van der Waals surface area contributed by atoms with Gasteiger partial charge in [-0.2, -0.15) is 0 Å². The van der Waals surface area contributed by atoms with Gasteiger partial charge in [-0.25, -0.2) is 4.98 Å². The summed E-state index contributed by atoms with van der Waals surface area (Å²) in [5.74, 6) is 1.96. The number of ether oxygens (including phenoxy) is 1. The lowest BCUT2D eigenvalue weighted by molar-refractivity contribution is 0.415. The second-order valence-corrected chi connectivity index (χ2v) is 6.68. The van der Waals surface area contributed by atoms with Crippen molar-refractivity contribution in [2.75, 3.05) is 7.11 Å². The van der Waals surface area contributed by atoms with Crippen LogP contribution in [0.5, 0.6) is 5.75 Å². The van der Waals surface area contributed by atoms with E-state index in [0.717, 1.165) is 28.1 Å². The second kappa shape index (κ2) is 6.91. The number of rotatable bonds is 3. The highest BCUT2D eigenvalue weighted by Gasteiger charge is 2.15. The molecule has 1 aromatic carbocycles. The molecular formula is C23H17N3O3. The fourth-order valence-electron chi connectivity index (χ4n) is 3.42. The van der Waals surface area contributed by atoms with Crippen LogP contribution in [0.4, 0.5) is 0 Å². The van der Waals surface area contributed by atoms with Gasteiger partial charge in [0.15, 0.2) is 5.76 Å². The number of pyridine rings is 2. The lowest BCUT2D eigenvalue weighted by Gasteiger charge is -2.09. The molecule has 0 saturated carbocycles. The maximum absolute atomic E-state index is 13.0. The first-order valence-electron chi connectivity index (χ1n) is 9.21. The van der Waals surface area contributed by atoms with E-state index in [1.54, 1.807) is 42.4 Å². The number of benzene rings is 1. The van der Waals surface area contributed by atoms with Gasteiger partial charge in [0.25, 0.3) is 5.56 Å². The molecule has 3 heterocycles. The Morgan fingerprint density at radius 3 is 2.93 bits per heavy atom. The number of hydrogen-bond acceptors (Lipinski definition) is 5. The van der Waals surface area contributed by atoms with Crippen molar-refractivity contribution in [2.24, 2.45) is 0 Å². The molecule has 1 aliphatic rings. The molecule has 6 nitrogen and oxygen atoms in total. The molecular weight excluding hydrogens is 366 g/mol. The Kier molecular flexibility index (Phi) is 4.09. The molecule has 29 heavy (non-hydrogen) atoms. The van der Waals surface area contributed by atoms with Gasteiger partial charge in [-0.1, -0.05) is 6.08 Å². The van der Waals surface area contributed by atoms with Gasteiger partial charge in [-0.3, -0.25) is 14.3 Å². The lowest BCUT2D eigenvalue weighted by atomic mass is 10.1. The quantitative estimate of drug-likeness (QED) is 0.531. The van der Waals surface area contributed by atoms with E-state index in [-0.39, 0.29) is 5.56 Å². The van der Waals surface area contributed by atoms with Crippen LogP contribution in [0.1, 0.15) is 11.5 Å². The van der Waals surface area contributed by atoms with Crippen LogP contribution in [-0.4, -0.2) is 21.6 Å². The number of hydrogen-bond donors (Lipinski definition) is 0. The standard InChI is InChI=1S/C23H17N3O3/c1-28-18-6-7-19-15(13-18)10-12-26(23(19)27)17-4-8-20-21(9-5-17)29-22(25-20)16-3-2-11-24-14-16/h2-7,9-14H,8H2,1H3. The molecule has 0 saturated heterocycles. The van der Waals surface area contributed by atoms with E-state index in [2.05, 4.69) is 9.97 Å². The molecule has 3 aromatic heterocycles. The van der Waals surface area contributed by atoms with E-state index in [9.17, 15) is 4.79 Å². The molecule has 0 amide bonds. The highest BCUT2D eigenvalue weighted by atomic mass is 16.5. The third-order valence-electron chi connectivity index (χ3n) is 4.94. The minimum Gasteiger partial charge on any atom is -0.497 e. The van der Waals surface area contributed by atoms with Crippen LogP contribution in [0.2, 0.25) is 0 Å². The Bertz CT molecular complexity index is 1330. The van der Waals surface area contributed by atoms with E-state index >= 15 is 0 Å². The first kappa shape index (κ1) is 17.2. The second-order valence-electron chi connectivity index (χ2n) is 6.68. The predicted molar refractivity (Wildman–Crippen MR) is 112 cm³/mol. The van der Waals surface area contributed by atoms with Crippen LogP contribution < -0.4 is 10.3 Å². The summed E-state index contributed by atoms with van der Waals surface area (Å²) in [4.78, 5) is 21.7. The zero-order valence-corrected chi connectivity index (χ0v) is 15.7. The highest BCUT2D eigenvalue weighted by molar-refractivity contribution is 5.84. The third-order valence-corrected chi connectivity index (χ3v) is 4.94. The average molecular weight is 383 g/mol. The number of methoxy groups -OCH3 is 1. The van der Waals surface area contributed by atoms with Crippen LogP contribution in [0.3, 0.4) is 0 Å². The summed E-state index contributed by atoms with van der Waals surface area (Å²) in [5.41, 5.74) is 2.36. The van der Waals surface area contributed by atoms with Crippen molar-refractivity contribution in [3.05, 3.63) is 88.9 Å². The molecule has 5 rings (SSSR count). The first-order valence-corrected chi connectivity index (χ1v) is 9.21. The van der Waals surface area contributed by atoms with E-state index in [1.165, 1.54) is 0 Å². The molecule has 0 radical (unpaired) electrons. The summed E-state index contributed by atoms with van der Waals surface area (Å²) in [7, 11) is 1.61. The van der Waals surface area contributed by atoms with Gasteiger partial charge in [0.1, 0.15) is 5.75 Å². The van der Waals surface area contributed by atoms with Crippen LogP contribution in [0.25, 0.3) is 34.0 Å². The molecule has 4 aromatic rings. The van der Waals surface area contributed by atoms with Crippen molar-refractivity contribution >= 4 is 22.5 Å². The summed E-state index contributed by atoms with van der Waals surface area (Å²) in [6.45, 7) is 0. The SMILES string of the molecule is COc1ccc2c(=O)n(C3=CCc4nc(-c5cccnc5)oc4C=C3)ccc2c1. The van der Waals surface area contributed by atoms with Crippen LogP contribution in [0, 0.1) is 0 Å². The van der Waals surface area contributed by atoms with E-state index < -0.39 is 0 Å². The van der Waals surface area contributed by atoms with E-state index in [1.807, 2.05) is 42.5 Å². The van der Waals surface area contributed by atoms with Crippen LogP contribution in [-0.2, 0) is 6.42 Å². The zero-order chi connectivity index (χ0) is 19.8. The summed E-state index contributed by atoms with van der Waals surface area (Å²) < 4.78 is 12.8. The topological polar surface area (TPSA) is 70.2 Å². The Morgan fingerprint density at radius 2 is 2.10 bits per heavy atom. The van der Waals surface area contributed by atoms with Gasteiger partial charge >= 0.3 is 0 Å². The largest absolute Gasteiger partial charge is 0.497 e. The molecule has 0 unspecified atom stereocenters. The normalized spacial score (nSPS) is 13.1. The van der Waals surface area contributed by atoms with Crippen LogP contribution in [0.15, 0.2) is 76.4 Å². The van der Waals surface area contributed by atoms with Crippen LogP contribution >= 0.6 is 0 Å². The van der Waals surface area contributed by atoms with Crippen molar-refractivity contribution in [3.63, 3.8) is 0 Å². The Balaban J connectivity index is 1.51. The minimum atomic E-state index is -0.0800. The van der Waals surface area contributed by atoms with Gasteiger partial charge in [-0.15, -0.1) is 0 Å². The Hall–Kier alpha value is -3.93. The van der Waals surface area contributed by atoms with E-state index in [0.29, 0.717) is 23.5 Å². The molecule has 1 aliphatic carbocycles. The van der Waals surface area contributed by atoms with Gasteiger partial charge in [0, 0.05) is 36.1 Å². The molecule has 0 bridgehead atoms. The Morgan fingerprint density at radius 1 is 1.17 bits per heavy atom. The Labute approximate surface area is 166 Å². The average Bonchev–Trinajstić information content (AvgIpc) is 3.08. The maximum Gasteiger partial charge on any atom is 0.262 e. The first-order chi connectivity index (χ1) is 14.2. The molecule has 0 atom stereocenters. The van der Waals surface area contributed by atoms with Crippen molar-refractivity contribution in [1.82, 2.24) is 14.5 Å². The highest BCUT2D eigenvalue weighted by Crippen LogP contribution is 2.26. The molecule has 0 aliphatic heterocycles. The van der Waals surface area contributed by atoms with Gasteiger partial charge in [0.05, 0.1) is 18.4 Å². The third kappa shape index (κ3) is 3.04. The lowest BCUT2D eigenvalue weighted by Crippen LogP contribution is -2.18. The fourth-order valence-corrected chi connectivity index (χ4v) is 3.42. The molecule has 0 spiro atoms. The molecule has 6 heteroatoms. The van der Waals surface area contributed by atoms with Crippen molar-refractivity contribution in [1.29, 1.82) is 0 Å². The summed E-state index contributed by atoms with van der Waals surface area (Å²) >= 11 is 0. The minimum absolute atomic E-state index is 0.0800. The van der Waals surface area contributed by atoms with Crippen molar-refractivity contribution in [3.8, 4) is 17.2 Å². The monoisotopic (exact) mass is 383 g/mol. The van der Waals surface area contributed by atoms with Gasteiger partial charge < -0.3 is 9.15 Å². The zero-order valence-electron chi connectivity index (χ0n) is 15.7. The molecule has 0 N–H and O–H groups in total. The van der Waals surface area contributed by atoms with Crippen molar-refractivity contribution in [2.45, 2.75) is 6.42 Å². The fraction of sp³-hybridized carbons (Fsp3) is 0.0870. The van der Waals surface area contributed by atoms with Crippen molar-refractivity contribution < 1.29 is 9.15 Å². The number of allylic oxidation sites excluding steroid dienone is 3. The number of fused-ring (bicyclic) bond motifs is 2. The summed E-state index contributed by atoms with van der Waals surface area (Å²) in [6.07, 6.45) is 11.5. The number of aromatic nitrogens is 3. The maximum atomic E-state index is 13.0. The summed E-state index contributed by atoms with van der Waals surface area (Å²) in [5, 5.41) is 1.49. The molecule has 142 valence electrons. The number of nitrogens with zero attached hydrogens (tertiary/aromatic N) is 3.